The molecule has 3 nitrogen and oxygen atoms in total. The fraction of sp³-hybridized carbons (Fsp3) is 0.235. The van der Waals surface area contributed by atoms with Gasteiger partial charge in [-0.3, -0.25) is 4.57 Å². The molecule has 108 valence electrons. The van der Waals surface area contributed by atoms with Crippen LogP contribution in [0.3, 0.4) is 0 Å². The Labute approximate surface area is 129 Å². The second-order valence-electron chi connectivity index (χ2n) is 5.09. The van der Waals surface area contributed by atoms with E-state index in [-0.39, 0.29) is 5.38 Å². The average Bonchev–Trinajstić information content (AvgIpc) is 2.85. The van der Waals surface area contributed by atoms with E-state index in [0.29, 0.717) is 0 Å². The minimum atomic E-state index is -0.192. The Balaban J connectivity index is 2.37. The predicted octanol–water partition coefficient (Wildman–Crippen LogP) is 4.64. The summed E-state index contributed by atoms with van der Waals surface area (Å²) in [5.41, 5.74) is 4.12. The number of ether oxygens (including phenoxy) is 1. The molecule has 1 unspecified atom stereocenters. The molecule has 0 saturated heterocycles. The molecule has 0 aliphatic heterocycles. The third kappa shape index (κ3) is 2.38. The highest BCUT2D eigenvalue weighted by Crippen LogP contribution is 2.32. The highest BCUT2D eigenvalue weighted by atomic mass is 35.5. The number of hydrogen-bond acceptors (Lipinski definition) is 2. The molecule has 3 aromatic rings. The number of imidazole rings is 1. The molecule has 1 atom stereocenters. The molecule has 0 amide bonds. The van der Waals surface area contributed by atoms with Crippen molar-refractivity contribution in [3.05, 3.63) is 53.9 Å². The van der Waals surface area contributed by atoms with Gasteiger partial charge in [-0.2, -0.15) is 0 Å². The first-order valence-corrected chi connectivity index (χ1v) is 7.32. The molecule has 0 fully saturated rings. The lowest BCUT2D eigenvalue weighted by Crippen LogP contribution is -2.03. The van der Waals surface area contributed by atoms with E-state index in [1.807, 2.05) is 31.2 Å². The van der Waals surface area contributed by atoms with Crippen LogP contribution in [-0.4, -0.2) is 16.7 Å². The summed E-state index contributed by atoms with van der Waals surface area (Å²) in [5, 5.41) is -0.192. The normalized spacial score (nSPS) is 12.6. The molecule has 1 heterocycles. The summed E-state index contributed by atoms with van der Waals surface area (Å²) in [4.78, 5) is 4.70. The quantitative estimate of drug-likeness (QED) is 0.659. The number of para-hydroxylation sites is 2. The molecule has 3 rings (SSSR count). The van der Waals surface area contributed by atoms with Gasteiger partial charge in [0.25, 0.3) is 0 Å². The zero-order valence-corrected chi connectivity index (χ0v) is 13.1. The Morgan fingerprint density at radius 3 is 2.67 bits per heavy atom. The zero-order valence-electron chi connectivity index (χ0n) is 12.3. The molecule has 0 N–H and O–H groups in total. The lowest BCUT2D eigenvalue weighted by Gasteiger charge is -2.14. The van der Waals surface area contributed by atoms with Gasteiger partial charge in [0.2, 0.25) is 0 Å². The lowest BCUT2D eigenvalue weighted by molar-refractivity contribution is 0.413. The number of fused-ring (bicyclic) bond motifs is 1. The second kappa shape index (κ2) is 5.41. The summed E-state index contributed by atoms with van der Waals surface area (Å²) in [5.74, 6) is 1.62. The number of hydrogen-bond donors (Lipinski definition) is 0. The van der Waals surface area contributed by atoms with Crippen LogP contribution in [0.1, 0.15) is 23.7 Å². The van der Waals surface area contributed by atoms with Gasteiger partial charge in [0, 0.05) is 0 Å². The fourth-order valence-corrected chi connectivity index (χ4v) is 2.69. The SMILES string of the molecule is COc1ccccc1-n1c(C(C)Cl)nc2cc(C)ccc21. The summed E-state index contributed by atoms with van der Waals surface area (Å²) in [6.07, 6.45) is 0. The van der Waals surface area contributed by atoms with E-state index in [0.717, 1.165) is 28.3 Å². The van der Waals surface area contributed by atoms with E-state index in [9.17, 15) is 0 Å². The van der Waals surface area contributed by atoms with Crippen LogP contribution >= 0.6 is 11.6 Å². The molecular formula is C17H17ClN2O. The minimum absolute atomic E-state index is 0.192. The van der Waals surface area contributed by atoms with Crippen molar-refractivity contribution in [3.8, 4) is 11.4 Å². The number of rotatable bonds is 3. The van der Waals surface area contributed by atoms with Crippen LogP contribution in [0.4, 0.5) is 0 Å². The van der Waals surface area contributed by atoms with Crippen LogP contribution in [0.5, 0.6) is 5.75 Å². The van der Waals surface area contributed by atoms with Crippen LogP contribution in [0.2, 0.25) is 0 Å². The van der Waals surface area contributed by atoms with Crippen LogP contribution in [0.25, 0.3) is 16.7 Å². The van der Waals surface area contributed by atoms with Gasteiger partial charge < -0.3 is 4.74 Å². The number of aromatic nitrogens is 2. The molecule has 1 aromatic heterocycles. The van der Waals surface area contributed by atoms with E-state index in [1.54, 1.807) is 7.11 Å². The van der Waals surface area contributed by atoms with Gasteiger partial charge in [-0.15, -0.1) is 11.6 Å². The molecule has 0 spiro atoms. The Morgan fingerprint density at radius 2 is 1.95 bits per heavy atom. The highest BCUT2D eigenvalue weighted by Gasteiger charge is 2.18. The number of benzene rings is 2. The number of halogens is 1. The maximum Gasteiger partial charge on any atom is 0.142 e. The third-order valence-corrected chi connectivity index (χ3v) is 3.71. The van der Waals surface area contributed by atoms with E-state index in [4.69, 9.17) is 21.3 Å². The van der Waals surface area contributed by atoms with Crippen molar-refractivity contribution in [3.63, 3.8) is 0 Å². The second-order valence-corrected chi connectivity index (χ2v) is 5.74. The Bertz CT molecular complexity index is 793. The Kier molecular flexibility index (Phi) is 3.60. The van der Waals surface area contributed by atoms with Crippen molar-refractivity contribution in [1.82, 2.24) is 9.55 Å². The molecular weight excluding hydrogens is 284 g/mol. The largest absolute Gasteiger partial charge is 0.495 e. The third-order valence-electron chi connectivity index (χ3n) is 3.52. The summed E-state index contributed by atoms with van der Waals surface area (Å²) >= 11 is 6.34. The smallest absolute Gasteiger partial charge is 0.142 e. The Morgan fingerprint density at radius 1 is 1.19 bits per heavy atom. The van der Waals surface area contributed by atoms with Crippen molar-refractivity contribution in [2.24, 2.45) is 0 Å². The van der Waals surface area contributed by atoms with E-state index in [1.165, 1.54) is 5.56 Å². The fourth-order valence-electron chi connectivity index (χ4n) is 2.54. The maximum absolute atomic E-state index is 6.34. The van der Waals surface area contributed by atoms with Crippen molar-refractivity contribution < 1.29 is 4.74 Å². The zero-order chi connectivity index (χ0) is 15.0. The van der Waals surface area contributed by atoms with Crippen LogP contribution < -0.4 is 4.74 Å². The molecule has 0 aliphatic carbocycles. The standard InChI is InChI=1S/C17H17ClN2O/c1-11-8-9-14-13(10-11)19-17(12(2)18)20(14)15-6-4-5-7-16(15)21-3/h4-10,12H,1-3H3. The first kappa shape index (κ1) is 14.0. The summed E-state index contributed by atoms with van der Waals surface area (Å²) < 4.78 is 7.56. The van der Waals surface area contributed by atoms with Crippen molar-refractivity contribution in [1.29, 1.82) is 0 Å². The molecule has 0 radical (unpaired) electrons. The van der Waals surface area contributed by atoms with E-state index >= 15 is 0 Å². The number of aryl methyl sites for hydroxylation is 1. The monoisotopic (exact) mass is 300 g/mol. The number of nitrogens with zero attached hydrogens (tertiary/aromatic N) is 2. The van der Waals surface area contributed by atoms with Gasteiger partial charge in [0.05, 0.1) is 29.2 Å². The summed E-state index contributed by atoms with van der Waals surface area (Å²) in [6.45, 7) is 3.99. The van der Waals surface area contributed by atoms with Gasteiger partial charge in [-0.1, -0.05) is 18.2 Å². The van der Waals surface area contributed by atoms with Crippen LogP contribution in [0, 0.1) is 6.92 Å². The van der Waals surface area contributed by atoms with Gasteiger partial charge in [0.1, 0.15) is 11.6 Å². The van der Waals surface area contributed by atoms with Crippen molar-refractivity contribution in [2.75, 3.05) is 7.11 Å². The predicted molar refractivity (Wildman–Crippen MR) is 86.6 cm³/mol. The van der Waals surface area contributed by atoms with Gasteiger partial charge in [0.15, 0.2) is 0 Å². The topological polar surface area (TPSA) is 27.1 Å². The molecule has 0 bridgehead atoms. The van der Waals surface area contributed by atoms with Crippen molar-refractivity contribution in [2.45, 2.75) is 19.2 Å². The van der Waals surface area contributed by atoms with Gasteiger partial charge in [-0.05, 0) is 43.7 Å². The lowest BCUT2D eigenvalue weighted by atomic mass is 10.2. The first-order chi connectivity index (χ1) is 10.1. The summed E-state index contributed by atoms with van der Waals surface area (Å²) in [6, 6.07) is 14.1. The number of methoxy groups -OCH3 is 1. The molecule has 0 saturated carbocycles. The number of alkyl halides is 1. The average molecular weight is 301 g/mol. The van der Waals surface area contributed by atoms with E-state index < -0.39 is 0 Å². The van der Waals surface area contributed by atoms with Gasteiger partial charge in [-0.25, -0.2) is 4.98 Å². The minimum Gasteiger partial charge on any atom is -0.495 e. The molecule has 21 heavy (non-hydrogen) atoms. The maximum atomic E-state index is 6.34. The highest BCUT2D eigenvalue weighted by molar-refractivity contribution is 6.20. The van der Waals surface area contributed by atoms with Crippen LogP contribution in [0.15, 0.2) is 42.5 Å². The van der Waals surface area contributed by atoms with E-state index in [2.05, 4.69) is 29.7 Å². The molecule has 0 aliphatic rings. The van der Waals surface area contributed by atoms with Crippen LogP contribution in [-0.2, 0) is 0 Å². The summed E-state index contributed by atoms with van der Waals surface area (Å²) in [7, 11) is 1.67. The van der Waals surface area contributed by atoms with Gasteiger partial charge >= 0.3 is 0 Å². The Hall–Kier alpha value is -2.00. The molecule has 4 heteroatoms. The molecule has 2 aromatic carbocycles. The van der Waals surface area contributed by atoms with Crippen molar-refractivity contribution >= 4 is 22.6 Å². The first-order valence-electron chi connectivity index (χ1n) is 6.88.